The summed E-state index contributed by atoms with van der Waals surface area (Å²) in [6, 6.07) is 0. The molecule has 1 fully saturated rings. The van der Waals surface area contributed by atoms with Gasteiger partial charge in [0.15, 0.2) is 11.4 Å². The van der Waals surface area contributed by atoms with E-state index in [1.54, 1.807) is 6.92 Å². The predicted octanol–water partition coefficient (Wildman–Crippen LogP) is 0.807. The highest BCUT2D eigenvalue weighted by Crippen LogP contribution is 2.49. The van der Waals surface area contributed by atoms with Crippen molar-refractivity contribution < 1.29 is 24.2 Å². The zero-order valence-electron chi connectivity index (χ0n) is 8.67. The first kappa shape index (κ1) is 11.4. The molecule has 0 aromatic carbocycles. The average Bonchev–Trinajstić information content (AvgIpc) is 2.83. The maximum absolute atomic E-state index is 10.9. The molecule has 88 valence electrons. The summed E-state index contributed by atoms with van der Waals surface area (Å²) in [5.74, 6) is -1.98. The fourth-order valence-electron chi connectivity index (χ4n) is 1.71. The molecule has 0 aromatic heterocycles. The third-order valence-corrected chi connectivity index (χ3v) is 4.39. The molecule has 2 heterocycles. The van der Waals surface area contributed by atoms with Gasteiger partial charge in [0.2, 0.25) is 0 Å². The summed E-state index contributed by atoms with van der Waals surface area (Å²) < 4.78 is 10.9. The summed E-state index contributed by atoms with van der Waals surface area (Å²) in [5.41, 5.74) is 0.890. The Balaban J connectivity index is 2.31. The van der Waals surface area contributed by atoms with Crippen LogP contribution in [0.2, 0.25) is 0 Å². The lowest BCUT2D eigenvalue weighted by atomic mass is 10.2. The van der Waals surface area contributed by atoms with Gasteiger partial charge in [-0.15, -0.1) is 10.9 Å². The van der Waals surface area contributed by atoms with E-state index in [9.17, 15) is 9.59 Å². The third kappa shape index (κ3) is 1.79. The summed E-state index contributed by atoms with van der Waals surface area (Å²) in [6.45, 7) is 2.62. The molecule has 16 heavy (non-hydrogen) atoms. The molecule has 0 bridgehead atoms. The van der Waals surface area contributed by atoms with E-state index in [1.807, 2.05) is 0 Å². The van der Waals surface area contributed by atoms with E-state index in [4.69, 9.17) is 14.6 Å². The van der Waals surface area contributed by atoms with E-state index in [-0.39, 0.29) is 5.57 Å². The van der Waals surface area contributed by atoms with Gasteiger partial charge >= 0.3 is 5.97 Å². The number of hydrogen-bond donors (Lipinski definition) is 2. The summed E-state index contributed by atoms with van der Waals surface area (Å²) in [5, 5.41) is 10.3. The van der Waals surface area contributed by atoms with E-state index in [0.29, 0.717) is 18.1 Å². The van der Waals surface area contributed by atoms with Crippen molar-refractivity contribution in [3.8, 4) is 0 Å². The first-order valence-electron chi connectivity index (χ1n) is 4.76. The quantitative estimate of drug-likeness (QED) is 0.567. The Bertz CT molecular complexity index is 392. The van der Waals surface area contributed by atoms with Gasteiger partial charge in [0.05, 0.1) is 18.8 Å². The lowest BCUT2D eigenvalue weighted by molar-refractivity contribution is -0.132. The van der Waals surface area contributed by atoms with E-state index in [2.05, 4.69) is 0 Å². The van der Waals surface area contributed by atoms with Crippen molar-refractivity contribution in [2.45, 2.75) is 12.7 Å². The van der Waals surface area contributed by atoms with Gasteiger partial charge in [-0.05, 0) is 18.4 Å². The van der Waals surface area contributed by atoms with Crippen molar-refractivity contribution in [2.75, 3.05) is 13.2 Å². The molecule has 1 saturated heterocycles. The second-order valence-electron chi connectivity index (χ2n) is 3.57. The zero-order valence-corrected chi connectivity index (χ0v) is 9.57. The van der Waals surface area contributed by atoms with Crippen LogP contribution in [-0.4, -0.2) is 35.7 Å². The maximum atomic E-state index is 10.9. The molecule has 0 spiro atoms. The van der Waals surface area contributed by atoms with Gasteiger partial charge in [-0.1, -0.05) is 0 Å². The molecule has 2 aliphatic heterocycles. The molecule has 2 rings (SSSR count). The molecule has 0 radical (unpaired) electrons. The van der Waals surface area contributed by atoms with Crippen LogP contribution >= 0.6 is 10.9 Å². The fraction of sp³-hybridized carbons (Fsp3) is 0.400. The SMILES string of the molecule is CC1(C2=CC(C(=O)O)=C[SH]2C=O)OCCO1. The number of rotatable bonds is 3. The Hall–Kier alpha value is -1.11. The number of carboxylic acid groups (broad SMARTS) is 1. The molecule has 0 amide bonds. The molecule has 0 aliphatic carbocycles. The van der Waals surface area contributed by atoms with Crippen molar-refractivity contribution in [2.24, 2.45) is 0 Å². The summed E-state index contributed by atoms with van der Waals surface area (Å²) in [7, 11) is -1.25. The Morgan fingerprint density at radius 2 is 2.19 bits per heavy atom. The molecule has 6 heteroatoms. The van der Waals surface area contributed by atoms with Crippen molar-refractivity contribution in [3.63, 3.8) is 0 Å². The van der Waals surface area contributed by atoms with Crippen LogP contribution in [0.5, 0.6) is 0 Å². The number of carboxylic acids is 1. The van der Waals surface area contributed by atoms with Crippen LogP contribution in [0.15, 0.2) is 22.0 Å². The highest BCUT2D eigenvalue weighted by Gasteiger charge is 2.40. The topological polar surface area (TPSA) is 72.8 Å². The fourth-order valence-corrected chi connectivity index (χ4v) is 3.40. The normalized spacial score (nSPS) is 29.7. The molecule has 1 N–H and O–H groups in total. The first-order valence-corrected chi connectivity index (χ1v) is 6.24. The minimum atomic E-state index is -1.25. The monoisotopic (exact) mass is 244 g/mol. The van der Waals surface area contributed by atoms with E-state index >= 15 is 0 Å². The van der Waals surface area contributed by atoms with Crippen molar-refractivity contribution in [1.82, 2.24) is 0 Å². The number of thiol groups is 1. The van der Waals surface area contributed by atoms with Crippen LogP contribution in [0.25, 0.3) is 0 Å². The molecule has 1 unspecified atom stereocenters. The van der Waals surface area contributed by atoms with Crippen LogP contribution in [-0.2, 0) is 19.1 Å². The maximum Gasteiger partial charge on any atom is 0.336 e. The van der Waals surface area contributed by atoms with Gasteiger partial charge < -0.3 is 14.6 Å². The highest BCUT2D eigenvalue weighted by molar-refractivity contribution is 8.33. The Labute approximate surface area is 95.1 Å². The molecule has 1 atom stereocenters. The number of aliphatic carboxylic acids is 1. The van der Waals surface area contributed by atoms with Crippen molar-refractivity contribution in [3.05, 3.63) is 22.0 Å². The van der Waals surface area contributed by atoms with Crippen LogP contribution in [0.4, 0.5) is 0 Å². The summed E-state index contributed by atoms with van der Waals surface area (Å²) in [4.78, 5) is 22.4. The van der Waals surface area contributed by atoms with Gasteiger partial charge in [0, 0.05) is 4.91 Å². The highest BCUT2D eigenvalue weighted by atomic mass is 32.2. The summed E-state index contributed by atoms with van der Waals surface area (Å²) in [6.07, 6.45) is 1.48. The molecule has 0 saturated carbocycles. The number of hydrogen-bond acceptors (Lipinski definition) is 4. The lowest BCUT2D eigenvalue weighted by Gasteiger charge is -2.27. The molecule has 5 nitrogen and oxygen atoms in total. The number of ether oxygens (including phenoxy) is 2. The molecular weight excluding hydrogens is 232 g/mol. The number of carbonyl (C=O) groups excluding carboxylic acids is 1. The largest absolute Gasteiger partial charge is 0.478 e. The summed E-state index contributed by atoms with van der Waals surface area (Å²) >= 11 is 0. The molecule has 2 aliphatic rings. The molecule has 0 aromatic rings. The lowest BCUT2D eigenvalue weighted by Crippen LogP contribution is -2.27. The van der Waals surface area contributed by atoms with Gasteiger partial charge in [-0.25, -0.2) is 4.79 Å². The second kappa shape index (κ2) is 4.04. The van der Waals surface area contributed by atoms with Crippen LogP contribution in [0.3, 0.4) is 0 Å². The van der Waals surface area contributed by atoms with Crippen molar-refractivity contribution >= 4 is 22.5 Å². The van der Waals surface area contributed by atoms with Crippen LogP contribution in [0.1, 0.15) is 6.92 Å². The minimum absolute atomic E-state index is 0.133. The Morgan fingerprint density at radius 1 is 1.56 bits per heavy atom. The van der Waals surface area contributed by atoms with Gasteiger partial charge in [-0.3, -0.25) is 4.79 Å². The smallest absolute Gasteiger partial charge is 0.336 e. The predicted molar refractivity (Wildman–Crippen MR) is 59.8 cm³/mol. The standard InChI is InChI=1S/C10H12O5S/c1-10(14-2-3-15-10)8-4-7(9(12)13)5-16(8)6-11/h4-6,16H,2-3H2,1H3,(H,12,13). The first-order chi connectivity index (χ1) is 7.57. The Kier molecular flexibility index (Phi) is 2.88. The van der Waals surface area contributed by atoms with E-state index in [1.165, 1.54) is 11.5 Å². The van der Waals surface area contributed by atoms with Gasteiger partial charge in [-0.2, -0.15) is 0 Å². The van der Waals surface area contributed by atoms with E-state index in [0.717, 1.165) is 5.62 Å². The third-order valence-electron chi connectivity index (χ3n) is 2.51. The van der Waals surface area contributed by atoms with E-state index < -0.39 is 22.7 Å². The van der Waals surface area contributed by atoms with Crippen molar-refractivity contribution in [1.29, 1.82) is 0 Å². The Morgan fingerprint density at radius 3 is 2.69 bits per heavy atom. The molecular formula is C10H12O5S. The van der Waals surface area contributed by atoms with Crippen LogP contribution < -0.4 is 0 Å². The minimum Gasteiger partial charge on any atom is -0.478 e. The second-order valence-corrected chi connectivity index (χ2v) is 5.34. The van der Waals surface area contributed by atoms with Gasteiger partial charge in [0.25, 0.3) is 0 Å². The van der Waals surface area contributed by atoms with Gasteiger partial charge in [0.1, 0.15) is 0 Å². The average molecular weight is 244 g/mol. The zero-order chi connectivity index (χ0) is 11.8. The number of carbonyl (C=O) groups is 2. The van der Waals surface area contributed by atoms with Crippen LogP contribution in [0, 0.1) is 0 Å².